The molecule has 0 heterocycles. The fourth-order valence-electron chi connectivity index (χ4n) is 2.05. The smallest absolute Gasteiger partial charge is 0.325 e. The molecule has 102 valence electrons. The van der Waals surface area contributed by atoms with E-state index in [9.17, 15) is 14.0 Å². The van der Waals surface area contributed by atoms with E-state index in [0.717, 1.165) is 0 Å². The van der Waals surface area contributed by atoms with Gasteiger partial charge in [-0.2, -0.15) is 0 Å². The minimum atomic E-state index is -1.10. The van der Waals surface area contributed by atoms with E-state index >= 15 is 0 Å². The fourth-order valence-corrected chi connectivity index (χ4v) is 2.35. The van der Waals surface area contributed by atoms with Crippen molar-refractivity contribution in [1.82, 2.24) is 5.32 Å². The number of carboxylic acid groups (broad SMARTS) is 1. The van der Waals surface area contributed by atoms with Gasteiger partial charge in [-0.25, -0.2) is 4.39 Å². The summed E-state index contributed by atoms with van der Waals surface area (Å²) in [5, 5.41) is 11.4. The number of rotatable bonds is 4. The third kappa shape index (κ3) is 2.87. The van der Waals surface area contributed by atoms with Crippen LogP contribution in [0.1, 0.15) is 24.8 Å². The molecule has 1 aromatic carbocycles. The summed E-state index contributed by atoms with van der Waals surface area (Å²) in [5.74, 6) is -2.58. The van der Waals surface area contributed by atoms with Crippen LogP contribution in [0.15, 0.2) is 18.2 Å². The highest BCUT2D eigenvalue weighted by molar-refractivity contribution is 6.31. The third-order valence-electron chi connectivity index (χ3n) is 3.23. The summed E-state index contributed by atoms with van der Waals surface area (Å²) in [4.78, 5) is 22.4. The maximum atomic E-state index is 13.7. The number of halogens is 2. The van der Waals surface area contributed by atoms with Gasteiger partial charge in [0.15, 0.2) is 0 Å². The maximum absolute atomic E-state index is 13.7. The van der Waals surface area contributed by atoms with E-state index in [-0.39, 0.29) is 11.8 Å². The zero-order valence-electron chi connectivity index (χ0n) is 10.2. The van der Waals surface area contributed by atoms with Gasteiger partial charge in [0, 0.05) is 22.4 Å². The van der Waals surface area contributed by atoms with Crippen molar-refractivity contribution in [3.05, 3.63) is 34.6 Å². The Balaban J connectivity index is 2.05. The van der Waals surface area contributed by atoms with E-state index in [2.05, 4.69) is 5.32 Å². The summed E-state index contributed by atoms with van der Waals surface area (Å²) < 4.78 is 13.7. The Morgan fingerprint density at radius 3 is 2.79 bits per heavy atom. The summed E-state index contributed by atoms with van der Waals surface area (Å²) in [6.07, 6.45) is 0.485. The predicted octanol–water partition coefficient (Wildman–Crippen LogP) is 2.17. The first-order valence-electron chi connectivity index (χ1n) is 5.89. The molecule has 1 fully saturated rings. The molecule has 1 saturated carbocycles. The van der Waals surface area contributed by atoms with Crippen molar-refractivity contribution in [2.24, 2.45) is 5.92 Å². The Morgan fingerprint density at radius 1 is 1.53 bits per heavy atom. The molecule has 1 aliphatic rings. The van der Waals surface area contributed by atoms with Crippen molar-refractivity contribution < 1.29 is 19.1 Å². The molecule has 2 N–H and O–H groups in total. The fraction of sp³-hybridized carbons (Fsp3) is 0.385. The largest absolute Gasteiger partial charge is 0.480 e. The lowest BCUT2D eigenvalue weighted by Gasteiger charge is -2.09. The number of hydrogen-bond acceptors (Lipinski definition) is 2. The monoisotopic (exact) mass is 285 g/mol. The van der Waals surface area contributed by atoms with Crippen LogP contribution in [-0.4, -0.2) is 23.0 Å². The van der Waals surface area contributed by atoms with Crippen molar-refractivity contribution in [3.63, 3.8) is 0 Å². The van der Waals surface area contributed by atoms with Gasteiger partial charge in [-0.15, -0.1) is 0 Å². The molecule has 0 saturated heterocycles. The lowest BCUT2D eigenvalue weighted by Crippen LogP contribution is -2.39. The molecule has 1 aliphatic carbocycles. The molecule has 1 amide bonds. The maximum Gasteiger partial charge on any atom is 0.325 e. The quantitative estimate of drug-likeness (QED) is 0.891. The Morgan fingerprint density at radius 2 is 2.21 bits per heavy atom. The van der Waals surface area contributed by atoms with Gasteiger partial charge >= 0.3 is 5.97 Å². The number of amides is 1. The molecule has 0 bridgehead atoms. The standard InChI is InChI=1S/C13H13ClFNO3/c1-6(13(18)19)16-12(17)8-5-7(8)11-9(14)3-2-4-10(11)15/h2-4,6-8H,5H2,1H3,(H,16,17)(H,18,19). The van der Waals surface area contributed by atoms with Crippen molar-refractivity contribution in [3.8, 4) is 0 Å². The number of hydrogen-bond donors (Lipinski definition) is 2. The van der Waals surface area contributed by atoms with Crippen LogP contribution < -0.4 is 5.32 Å². The minimum absolute atomic E-state index is 0.269. The van der Waals surface area contributed by atoms with Gasteiger partial charge in [0.05, 0.1) is 0 Å². The van der Waals surface area contributed by atoms with E-state index in [0.29, 0.717) is 17.0 Å². The van der Waals surface area contributed by atoms with Crippen LogP contribution in [0.2, 0.25) is 5.02 Å². The second-order valence-electron chi connectivity index (χ2n) is 4.65. The van der Waals surface area contributed by atoms with Crippen molar-refractivity contribution in [2.75, 3.05) is 0 Å². The molecule has 0 spiro atoms. The first-order chi connectivity index (χ1) is 8.91. The van der Waals surface area contributed by atoms with Gasteiger partial charge in [0.1, 0.15) is 11.9 Å². The number of nitrogens with one attached hydrogen (secondary N) is 1. The Hall–Kier alpha value is -1.62. The topological polar surface area (TPSA) is 66.4 Å². The highest BCUT2D eigenvalue weighted by Crippen LogP contribution is 2.50. The van der Waals surface area contributed by atoms with Gasteiger partial charge < -0.3 is 10.4 Å². The molecule has 4 nitrogen and oxygen atoms in total. The molecule has 0 aromatic heterocycles. The summed E-state index contributed by atoms with van der Waals surface area (Å²) >= 11 is 5.92. The third-order valence-corrected chi connectivity index (χ3v) is 3.56. The van der Waals surface area contributed by atoms with E-state index in [1.165, 1.54) is 19.1 Å². The summed E-state index contributed by atoms with van der Waals surface area (Å²) in [7, 11) is 0. The molecule has 3 unspecified atom stereocenters. The van der Waals surface area contributed by atoms with Crippen LogP contribution in [-0.2, 0) is 9.59 Å². The number of benzene rings is 1. The van der Waals surface area contributed by atoms with Crippen LogP contribution in [0.3, 0.4) is 0 Å². The van der Waals surface area contributed by atoms with Gasteiger partial charge in [-0.05, 0) is 25.5 Å². The number of carbonyl (C=O) groups excluding carboxylic acids is 1. The Kier molecular flexibility index (Phi) is 3.75. The highest BCUT2D eigenvalue weighted by atomic mass is 35.5. The Labute approximate surface area is 114 Å². The van der Waals surface area contributed by atoms with Gasteiger partial charge in [-0.3, -0.25) is 9.59 Å². The second-order valence-corrected chi connectivity index (χ2v) is 5.06. The summed E-state index contributed by atoms with van der Waals surface area (Å²) in [6.45, 7) is 1.38. The number of carbonyl (C=O) groups is 2. The molecular formula is C13H13ClFNO3. The van der Waals surface area contributed by atoms with Crippen LogP contribution in [0.5, 0.6) is 0 Å². The number of carboxylic acids is 1. The minimum Gasteiger partial charge on any atom is -0.480 e. The van der Waals surface area contributed by atoms with Crippen LogP contribution in [0.4, 0.5) is 4.39 Å². The molecular weight excluding hydrogens is 273 g/mol. The first-order valence-corrected chi connectivity index (χ1v) is 6.26. The van der Waals surface area contributed by atoms with Crippen molar-refractivity contribution >= 4 is 23.5 Å². The van der Waals surface area contributed by atoms with Gasteiger partial charge in [-0.1, -0.05) is 17.7 Å². The number of aliphatic carboxylic acids is 1. The second kappa shape index (κ2) is 5.17. The highest BCUT2D eigenvalue weighted by Gasteiger charge is 2.46. The molecule has 2 rings (SSSR count). The Bertz CT molecular complexity index is 514. The average Bonchev–Trinajstić information content (AvgIpc) is 3.08. The van der Waals surface area contributed by atoms with Gasteiger partial charge in [0.25, 0.3) is 0 Å². The molecule has 0 aliphatic heterocycles. The first kappa shape index (κ1) is 13.8. The zero-order valence-corrected chi connectivity index (χ0v) is 10.9. The van der Waals surface area contributed by atoms with Crippen molar-refractivity contribution in [2.45, 2.75) is 25.3 Å². The van der Waals surface area contributed by atoms with Gasteiger partial charge in [0.2, 0.25) is 5.91 Å². The molecule has 0 radical (unpaired) electrons. The van der Waals surface area contributed by atoms with Crippen LogP contribution in [0, 0.1) is 11.7 Å². The SMILES string of the molecule is CC(NC(=O)C1CC1c1c(F)cccc1Cl)C(=O)O. The van der Waals surface area contributed by atoms with E-state index in [4.69, 9.17) is 16.7 Å². The van der Waals surface area contributed by atoms with E-state index in [1.54, 1.807) is 6.07 Å². The van der Waals surface area contributed by atoms with E-state index < -0.39 is 23.7 Å². The van der Waals surface area contributed by atoms with Crippen molar-refractivity contribution in [1.29, 1.82) is 0 Å². The molecule has 1 aromatic rings. The lowest BCUT2D eigenvalue weighted by molar-refractivity contribution is -0.141. The van der Waals surface area contributed by atoms with E-state index in [1.807, 2.05) is 0 Å². The average molecular weight is 286 g/mol. The summed E-state index contributed by atoms with van der Waals surface area (Å²) in [6, 6.07) is 3.43. The van der Waals surface area contributed by atoms with Crippen LogP contribution >= 0.6 is 11.6 Å². The predicted molar refractivity (Wildman–Crippen MR) is 67.5 cm³/mol. The summed E-state index contributed by atoms with van der Waals surface area (Å²) in [5.41, 5.74) is 0.340. The van der Waals surface area contributed by atoms with Crippen LogP contribution in [0.25, 0.3) is 0 Å². The molecule has 6 heteroatoms. The lowest BCUT2D eigenvalue weighted by atomic mass is 10.1. The zero-order chi connectivity index (χ0) is 14.2. The molecule has 3 atom stereocenters. The normalized spacial score (nSPS) is 22.7. The molecule has 19 heavy (non-hydrogen) atoms.